The molecule has 4 rings (SSSR count). The van der Waals surface area contributed by atoms with Crippen LogP contribution < -0.4 is 26.2 Å². The lowest BCUT2D eigenvalue weighted by atomic mass is 10.2. The smallest absolute Gasteiger partial charge is 0.297 e. The number of ether oxygens (including phenoxy) is 1. The maximum Gasteiger partial charge on any atom is 0.297 e. The molecule has 32 heavy (non-hydrogen) atoms. The standard InChI is InChI=1S/C22H25N7O3/c1-23-21(30)17-12-26-20(13-24-17)28-15-6-5-14(10-15)27-19-8-7-16(11-25-19)29-9-3-4-18(32-2)22(29)31/h3-4,7-9,11-15H,5-6,10H2,1-2H3,(H,23,30)(H,25,27)(H,26,28)/t14-,15-/m0/s1. The van der Waals surface area contributed by atoms with Gasteiger partial charge in [-0.1, -0.05) is 0 Å². The molecule has 1 saturated carbocycles. The number of carbonyl (C=O) groups excluding carboxylic acids is 1. The van der Waals surface area contributed by atoms with Gasteiger partial charge in [-0.05, 0) is 43.5 Å². The van der Waals surface area contributed by atoms with Crippen LogP contribution in [0.5, 0.6) is 5.75 Å². The second-order valence-electron chi connectivity index (χ2n) is 7.51. The van der Waals surface area contributed by atoms with Crippen LogP contribution in [0.1, 0.15) is 29.8 Å². The Bertz CT molecular complexity index is 1130. The van der Waals surface area contributed by atoms with Crippen molar-refractivity contribution >= 4 is 17.5 Å². The first-order chi connectivity index (χ1) is 15.6. The molecule has 0 unspecified atom stereocenters. The zero-order valence-corrected chi connectivity index (χ0v) is 17.9. The second kappa shape index (κ2) is 9.46. The summed E-state index contributed by atoms with van der Waals surface area (Å²) in [5.74, 6) is 1.43. The number of rotatable bonds is 7. The number of hydrogen-bond acceptors (Lipinski definition) is 8. The molecule has 3 aromatic rings. The van der Waals surface area contributed by atoms with Gasteiger partial charge in [0.2, 0.25) is 0 Å². The topological polar surface area (TPSA) is 123 Å². The van der Waals surface area contributed by atoms with Crippen LogP contribution >= 0.6 is 0 Å². The van der Waals surface area contributed by atoms with Crippen LogP contribution in [0.4, 0.5) is 11.6 Å². The third-order valence-corrected chi connectivity index (χ3v) is 5.41. The molecule has 166 valence electrons. The predicted molar refractivity (Wildman–Crippen MR) is 120 cm³/mol. The lowest BCUT2D eigenvalue weighted by molar-refractivity contribution is 0.0958. The minimum atomic E-state index is -0.260. The van der Waals surface area contributed by atoms with Gasteiger partial charge in [0.15, 0.2) is 5.75 Å². The molecule has 0 bridgehead atoms. The number of carbonyl (C=O) groups is 1. The molecule has 10 nitrogen and oxygen atoms in total. The first-order valence-corrected chi connectivity index (χ1v) is 10.4. The van der Waals surface area contributed by atoms with Crippen LogP contribution in [-0.2, 0) is 0 Å². The van der Waals surface area contributed by atoms with Crippen molar-refractivity contribution in [1.29, 1.82) is 0 Å². The number of amides is 1. The summed E-state index contributed by atoms with van der Waals surface area (Å²) in [6.07, 6.45) is 9.26. The van der Waals surface area contributed by atoms with Gasteiger partial charge in [0.25, 0.3) is 11.5 Å². The Morgan fingerprint density at radius 3 is 2.41 bits per heavy atom. The number of pyridine rings is 2. The van der Waals surface area contributed by atoms with Crippen molar-refractivity contribution < 1.29 is 9.53 Å². The molecular weight excluding hydrogens is 410 g/mol. The molecular formula is C22H25N7O3. The minimum Gasteiger partial charge on any atom is -0.491 e. The summed E-state index contributed by atoms with van der Waals surface area (Å²) in [4.78, 5) is 36.8. The summed E-state index contributed by atoms with van der Waals surface area (Å²) in [7, 11) is 3.03. The molecule has 1 fully saturated rings. The molecule has 10 heteroatoms. The molecule has 1 aliphatic rings. The molecule has 3 aromatic heterocycles. The van der Waals surface area contributed by atoms with Crippen LogP contribution in [-0.4, -0.2) is 51.7 Å². The summed E-state index contributed by atoms with van der Waals surface area (Å²) in [5, 5.41) is 9.35. The van der Waals surface area contributed by atoms with Crippen LogP contribution in [0.25, 0.3) is 5.69 Å². The maximum atomic E-state index is 12.4. The summed E-state index contributed by atoms with van der Waals surface area (Å²) < 4.78 is 6.60. The molecule has 0 radical (unpaired) electrons. The Kier molecular flexibility index (Phi) is 6.29. The highest BCUT2D eigenvalue weighted by molar-refractivity contribution is 5.91. The van der Waals surface area contributed by atoms with E-state index in [0.717, 1.165) is 25.1 Å². The van der Waals surface area contributed by atoms with Crippen LogP contribution in [0.2, 0.25) is 0 Å². The van der Waals surface area contributed by atoms with E-state index in [-0.39, 0.29) is 35.0 Å². The highest BCUT2D eigenvalue weighted by Crippen LogP contribution is 2.25. The number of nitrogens with one attached hydrogen (secondary N) is 3. The van der Waals surface area contributed by atoms with Crippen molar-refractivity contribution in [3.8, 4) is 11.4 Å². The molecule has 3 N–H and O–H groups in total. The Morgan fingerprint density at radius 2 is 1.78 bits per heavy atom. The normalized spacial score (nSPS) is 17.6. The van der Waals surface area contributed by atoms with Gasteiger partial charge in [0.1, 0.15) is 17.3 Å². The molecule has 1 aliphatic carbocycles. The monoisotopic (exact) mass is 435 g/mol. The van der Waals surface area contributed by atoms with E-state index in [0.29, 0.717) is 11.5 Å². The average Bonchev–Trinajstić information content (AvgIpc) is 3.26. The van der Waals surface area contributed by atoms with Gasteiger partial charge in [0, 0.05) is 25.3 Å². The van der Waals surface area contributed by atoms with E-state index in [4.69, 9.17) is 4.74 Å². The van der Waals surface area contributed by atoms with Crippen molar-refractivity contribution in [2.45, 2.75) is 31.3 Å². The van der Waals surface area contributed by atoms with E-state index in [1.165, 1.54) is 17.9 Å². The number of hydrogen-bond donors (Lipinski definition) is 3. The zero-order valence-electron chi connectivity index (χ0n) is 17.9. The van der Waals surface area contributed by atoms with Crippen LogP contribution in [0.15, 0.2) is 53.8 Å². The molecule has 3 heterocycles. The van der Waals surface area contributed by atoms with Gasteiger partial charge in [0.05, 0.1) is 31.4 Å². The Labute approximate surface area is 185 Å². The van der Waals surface area contributed by atoms with Crippen molar-refractivity contribution in [2.75, 3.05) is 24.8 Å². The van der Waals surface area contributed by atoms with E-state index >= 15 is 0 Å². The highest BCUT2D eigenvalue weighted by atomic mass is 16.5. The van der Waals surface area contributed by atoms with E-state index < -0.39 is 0 Å². The Hall–Kier alpha value is -3.95. The second-order valence-corrected chi connectivity index (χ2v) is 7.51. The van der Waals surface area contributed by atoms with Crippen molar-refractivity contribution in [3.63, 3.8) is 0 Å². The van der Waals surface area contributed by atoms with Gasteiger partial charge in [-0.3, -0.25) is 14.2 Å². The highest BCUT2D eigenvalue weighted by Gasteiger charge is 2.25. The number of aromatic nitrogens is 4. The molecule has 0 aliphatic heterocycles. The van der Waals surface area contributed by atoms with Crippen LogP contribution in [0.3, 0.4) is 0 Å². The number of methoxy groups -OCH3 is 1. The predicted octanol–water partition coefficient (Wildman–Crippen LogP) is 1.84. The zero-order chi connectivity index (χ0) is 22.5. The molecule has 2 atom stereocenters. The van der Waals surface area contributed by atoms with E-state index in [1.54, 1.807) is 37.8 Å². The quantitative estimate of drug-likeness (QED) is 0.514. The lowest BCUT2D eigenvalue weighted by Gasteiger charge is -2.16. The number of nitrogens with zero attached hydrogens (tertiary/aromatic N) is 4. The summed E-state index contributed by atoms with van der Waals surface area (Å²) in [6, 6.07) is 7.63. The fraction of sp³-hybridized carbons (Fsp3) is 0.318. The van der Waals surface area contributed by atoms with Crippen molar-refractivity contribution in [1.82, 2.24) is 24.8 Å². The number of anilines is 2. The van der Waals surface area contributed by atoms with E-state index in [2.05, 4.69) is 30.9 Å². The van der Waals surface area contributed by atoms with Crippen molar-refractivity contribution in [3.05, 3.63) is 65.1 Å². The molecule has 1 amide bonds. The molecule has 0 saturated heterocycles. The third kappa shape index (κ3) is 4.69. The van der Waals surface area contributed by atoms with Gasteiger partial charge in [-0.25, -0.2) is 15.0 Å². The summed E-state index contributed by atoms with van der Waals surface area (Å²) >= 11 is 0. The van der Waals surface area contributed by atoms with Crippen LogP contribution in [0, 0.1) is 0 Å². The van der Waals surface area contributed by atoms with Gasteiger partial charge in [-0.2, -0.15) is 0 Å². The van der Waals surface area contributed by atoms with Gasteiger partial charge >= 0.3 is 0 Å². The summed E-state index contributed by atoms with van der Waals surface area (Å²) in [5.41, 5.74) is 0.729. The van der Waals surface area contributed by atoms with Crippen molar-refractivity contribution in [2.24, 2.45) is 0 Å². The van der Waals surface area contributed by atoms with Gasteiger partial charge in [-0.15, -0.1) is 0 Å². The third-order valence-electron chi connectivity index (χ3n) is 5.41. The maximum absolute atomic E-state index is 12.4. The Morgan fingerprint density at radius 1 is 1.03 bits per heavy atom. The molecule has 0 aromatic carbocycles. The first kappa shape index (κ1) is 21.3. The SMILES string of the molecule is CNC(=O)c1cnc(N[C@H]2CC[C@H](Nc3ccc(-n4cccc(OC)c4=O)cn3)C2)cn1. The summed E-state index contributed by atoms with van der Waals surface area (Å²) in [6.45, 7) is 0. The van der Waals surface area contributed by atoms with E-state index in [1.807, 2.05) is 12.1 Å². The van der Waals surface area contributed by atoms with Gasteiger partial charge < -0.3 is 20.7 Å². The minimum absolute atomic E-state index is 0.228. The average molecular weight is 435 g/mol. The lowest BCUT2D eigenvalue weighted by Crippen LogP contribution is -2.23. The first-order valence-electron chi connectivity index (χ1n) is 10.4. The fourth-order valence-corrected chi connectivity index (χ4v) is 3.76. The van der Waals surface area contributed by atoms with E-state index in [9.17, 15) is 9.59 Å². The fourth-order valence-electron chi connectivity index (χ4n) is 3.76. The largest absolute Gasteiger partial charge is 0.491 e. The molecule has 0 spiro atoms. The Balaban J connectivity index is 1.34.